The molecule has 44 heavy (non-hydrogen) atoms. The lowest BCUT2D eigenvalue weighted by atomic mass is 10.3. The van der Waals surface area contributed by atoms with Crippen LogP contribution in [-0.4, -0.2) is 95.8 Å². The Morgan fingerprint density at radius 3 is 0.455 bits per heavy atom. The highest BCUT2D eigenvalue weighted by Gasteiger charge is 2.12. The highest BCUT2D eigenvalue weighted by atomic mass is 31.2. The molecule has 0 amide bonds. The van der Waals surface area contributed by atoms with Gasteiger partial charge in [0.1, 0.15) is 16.7 Å². The Bertz CT molecular complexity index is 1020. The van der Waals surface area contributed by atoms with Crippen molar-refractivity contribution in [2.24, 2.45) is 0 Å². The number of rotatable bonds is 9. The molecule has 0 spiro atoms. The molecule has 0 aromatic carbocycles. The summed E-state index contributed by atoms with van der Waals surface area (Å²) in [4.78, 5) is 105. The van der Waals surface area contributed by atoms with Crippen LogP contribution in [0.5, 0.6) is 0 Å². The third kappa shape index (κ3) is 61.5. The molecule has 0 fully saturated rings. The number of carboxylic acids is 6. The minimum Gasteiger partial charge on any atom is -0.477 e. The average Bonchev–Trinajstić information content (AvgIpc) is 2.88. The molecule has 24 heteroatoms. The molecule has 252 valence electrons. The van der Waals surface area contributed by atoms with Gasteiger partial charge in [0.05, 0.1) is 0 Å². The molecule has 0 rings (SSSR count). The Kier molecular flexibility index (Phi) is 36.0. The minimum absolute atomic E-state index is 0.604. The van der Waals surface area contributed by atoms with E-state index >= 15 is 0 Å². The number of carboxylic acid groups (broad SMARTS) is 6. The van der Waals surface area contributed by atoms with Crippen LogP contribution in [0.25, 0.3) is 0 Å². The van der Waals surface area contributed by atoms with Crippen molar-refractivity contribution in [3.8, 4) is 0 Å². The fourth-order valence-corrected chi connectivity index (χ4v) is 0.274. The first-order valence-corrected chi connectivity index (χ1v) is 14.4. The van der Waals surface area contributed by atoms with Crippen molar-refractivity contribution in [3.63, 3.8) is 0 Å². The minimum atomic E-state index is -3.88. The van der Waals surface area contributed by atoms with Crippen molar-refractivity contribution in [1.82, 2.24) is 0 Å². The molecule has 0 aliphatic heterocycles. The second-order valence-corrected chi connectivity index (χ2v) is 10.2. The van der Waals surface area contributed by atoms with Gasteiger partial charge < -0.3 is 60.0 Å². The standard InChI is InChI=1S/3C4H4O4.3C2H5O3P.C2H4/c3*1-2(3(5)6)4(7)8;3*1-2-6(3,4)5;1-2/h3*1H2,(H,5,6)(H,7,8);3*2H,1H2,(H2,3,4,5);1-2H2. The van der Waals surface area contributed by atoms with Crippen molar-refractivity contribution in [2.75, 3.05) is 0 Å². The average molecular weight is 700 g/mol. The van der Waals surface area contributed by atoms with Crippen molar-refractivity contribution in [2.45, 2.75) is 0 Å². The third-order valence-corrected chi connectivity index (χ3v) is 3.69. The molecule has 0 aromatic rings. The Hall–Kier alpha value is -4.55. The first kappa shape index (κ1) is 55.4. The quantitative estimate of drug-likeness (QED) is 0.0521. The van der Waals surface area contributed by atoms with E-state index in [0.29, 0.717) is 17.5 Å². The van der Waals surface area contributed by atoms with Crippen LogP contribution in [0.4, 0.5) is 0 Å². The maximum absolute atomic E-state index is 9.66. The lowest BCUT2D eigenvalue weighted by molar-refractivity contribution is -0.142. The number of carbonyl (C=O) groups is 6. The van der Waals surface area contributed by atoms with E-state index in [-0.39, 0.29) is 0 Å². The SMILES string of the molecule is C=C.C=C(C(=O)O)C(=O)O.C=C(C(=O)O)C(=O)O.C=C(C(=O)O)C(=O)O.C=CP(=O)(O)O.C=CP(=O)(O)O.C=CP(=O)(O)O. The second kappa shape index (κ2) is 28.6. The van der Waals surface area contributed by atoms with Gasteiger partial charge in [-0.2, -0.15) is 0 Å². The Labute approximate surface area is 248 Å². The van der Waals surface area contributed by atoms with E-state index in [0.717, 1.165) is 0 Å². The molecule has 0 radical (unpaired) electrons. The van der Waals surface area contributed by atoms with Gasteiger partial charge >= 0.3 is 58.6 Å². The molecular formula is C20H31O21P3. The lowest BCUT2D eigenvalue weighted by Gasteiger charge is -1.87. The van der Waals surface area contributed by atoms with Gasteiger partial charge in [-0.15, -0.1) is 13.2 Å². The van der Waals surface area contributed by atoms with Crippen molar-refractivity contribution in [1.29, 1.82) is 0 Å². The normalized spacial score (nSPS) is 8.95. The largest absolute Gasteiger partial charge is 0.477 e. The summed E-state index contributed by atoms with van der Waals surface area (Å²) in [5.74, 6) is -7.20. The van der Waals surface area contributed by atoms with Crippen LogP contribution in [0.2, 0.25) is 0 Å². The maximum Gasteiger partial charge on any atom is 0.348 e. The van der Waals surface area contributed by atoms with Gasteiger partial charge in [0.15, 0.2) is 0 Å². The van der Waals surface area contributed by atoms with Crippen LogP contribution in [-0.2, 0) is 42.5 Å². The monoisotopic (exact) mass is 700 g/mol. The van der Waals surface area contributed by atoms with E-state index in [9.17, 15) is 42.5 Å². The zero-order valence-electron chi connectivity index (χ0n) is 22.3. The first-order chi connectivity index (χ1) is 19.3. The number of hydrogen-bond acceptors (Lipinski definition) is 9. The third-order valence-electron chi connectivity index (χ3n) is 2.26. The molecule has 0 bridgehead atoms. The number of aliphatic carboxylic acids is 6. The second-order valence-electron chi connectivity index (χ2n) is 5.58. The number of hydrogen-bond donors (Lipinski definition) is 12. The Balaban J connectivity index is -0.0000000741. The van der Waals surface area contributed by atoms with Crippen LogP contribution in [0, 0.1) is 0 Å². The predicted octanol–water partition coefficient (Wildman–Crippen LogP) is 0.860. The van der Waals surface area contributed by atoms with Gasteiger partial charge in [0.25, 0.3) is 0 Å². The summed E-state index contributed by atoms with van der Waals surface area (Å²) in [7, 11) is -11.6. The molecule has 0 unspecified atom stereocenters. The summed E-state index contributed by atoms with van der Waals surface area (Å²) < 4.78 is 28.7. The molecule has 0 saturated carbocycles. The summed E-state index contributed by atoms with van der Waals surface area (Å²) in [6, 6.07) is 0. The van der Waals surface area contributed by atoms with E-state index < -0.39 is 75.3 Å². The molecule has 0 aliphatic rings. The summed E-state index contributed by atoms with van der Waals surface area (Å²) in [5, 5.41) is 47.2. The van der Waals surface area contributed by atoms with Crippen LogP contribution < -0.4 is 0 Å². The van der Waals surface area contributed by atoms with Crippen LogP contribution in [0.3, 0.4) is 0 Å². The fourth-order valence-electron chi connectivity index (χ4n) is 0.274. The predicted molar refractivity (Wildman–Crippen MR) is 151 cm³/mol. The summed E-state index contributed by atoms with van der Waals surface area (Å²) >= 11 is 0. The highest BCUT2D eigenvalue weighted by Crippen LogP contribution is 2.35. The van der Waals surface area contributed by atoms with Crippen LogP contribution in [0.1, 0.15) is 0 Å². The zero-order valence-corrected chi connectivity index (χ0v) is 25.0. The van der Waals surface area contributed by atoms with Gasteiger partial charge in [-0.3, -0.25) is 13.7 Å². The molecular weight excluding hydrogens is 669 g/mol. The molecule has 0 aliphatic carbocycles. The Morgan fingerprint density at radius 2 is 0.455 bits per heavy atom. The van der Waals surface area contributed by atoms with E-state index in [4.69, 9.17) is 60.0 Å². The van der Waals surface area contributed by atoms with Gasteiger partial charge in [-0.1, -0.05) is 39.5 Å². The molecule has 0 saturated heterocycles. The van der Waals surface area contributed by atoms with Gasteiger partial charge in [0.2, 0.25) is 0 Å². The molecule has 0 aromatic heterocycles. The van der Waals surface area contributed by atoms with Gasteiger partial charge in [-0.25, -0.2) is 28.8 Å². The van der Waals surface area contributed by atoms with Crippen molar-refractivity contribution < 1.29 is 102 Å². The van der Waals surface area contributed by atoms with Crippen molar-refractivity contribution >= 4 is 58.6 Å². The highest BCUT2D eigenvalue weighted by molar-refractivity contribution is 7.55. The first-order valence-electron chi connectivity index (χ1n) is 9.37. The fraction of sp³-hybridized carbons (Fsp3) is 0. The molecule has 12 N–H and O–H groups in total. The molecule has 0 heterocycles. The van der Waals surface area contributed by atoms with Gasteiger partial charge in [0, 0.05) is 17.5 Å². The van der Waals surface area contributed by atoms with Gasteiger partial charge in [-0.05, 0) is 0 Å². The van der Waals surface area contributed by atoms with E-state index in [2.05, 4.69) is 52.6 Å². The van der Waals surface area contributed by atoms with Crippen molar-refractivity contribution in [3.05, 3.63) is 86.8 Å². The van der Waals surface area contributed by atoms with E-state index in [1.54, 1.807) is 0 Å². The van der Waals surface area contributed by atoms with E-state index in [1.807, 2.05) is 0 Å². The lowest BCUT2D eigenvalue weighted by Crippen LogP contribution is -2.08. The topological polar surface area (TPSA) is 396 Å². The summed E-state index contributed by atoms with van der Waals surface area (Å²) in [6.45, 7) is 22.9. The summed E-state index contributed by atoms with van der Waals surface area (Å²) in [6.07, 6.45) is 0. The van der Waals surface area contributed by atoms with Crippen LogP contribution in [0.15, 0.2) is 86.8 Å². The molecule has 0 atom stereocenters. The smallest absolute Gasteiger partial charge is 0.348 e. The van der Waals surface area contributed by atoms with Crippen LogP contribution >= 0.6 is 22.8 Å². The molecule has 21 nitrogen and oxygen atoms in total. The van der Waals surface area contributed by atoms with E-state index in [1.165, 1.54) is 0 Å². The maximum atomic E-state index is 9.66. The Morgan fingerprint density at radius 1 is 0.386 bits per heavy atom. The summed E-state index contributed by atoms with van der Waals surface area (Å²) in [5.41, 5.74) is -2.44. The zero-order chi connectivity index (χ0) is 37.8.